The van der Waals surface area contributed by atoms with Crippen LogP contribution in [0.15, 0.2) is 34.9 Å². The summed E-state index contributed by atoms with van der Waals surface area (Å²) in [6.45, 7) is 0.568. The van der Waals surface area contributed by atoms with Crippen LogP contribution < -0.4 is 5.32 Å². The molecule has 0 aliphatic carbocycles. The van der Waals surface area contributed by atoms with E-state index in [-0.39, 0.29) is 5.91 Å². The third kappa shape index (κ3) is 3.54. The third-order valence-electron chi connectivity index (χ3n) is 2.26. The number of aromatic nitrogens is 1. The van der Waals surface area contributed by atoms with Crippen molar-refractivity contribution in [3.05, 3.63) is 49.8 Å². The molecule has 1 amide bonds. The Morgan fingerprint density at radius 3 is 2.94 bits per heavy atom. The second-order valence-electron chi connectivity index (χ2n) is 3.55. The van der Waals surface area contributed by atoms with E-state index in [1.54, 1.807) is 18.3 Å². The van der Waals surface area contributed by atoms with Gasteiger partial charge < -0.3 is 5.32 Å². The average molecular weight is 346 g/mol. The minimum absolute atomic E-state index is 0.176. The smallest absolute Gasteiger partial charge is 0.271 e. The number of amides is 1. The van der Waals surface area contributed by atoms with Crippen LogP contribution >= 0.6 is 38.9 Å². The molecule has 0 aromatic carbocycles. The van der Waals surface area contributed by atoms with Gasteiger partial charge in [0.2, 0.25) is 0 Å². The van der Waals surface area contributed by atoms with Crippen LogP contribution in [0.25, 0.3) is 0 Å². The summed E-state index contributed by atoms with van der Waals surface area (Å²) in [6.07, 6.45) is 2.37. The van der Waals surface area contributed by atoms with Crippen molar-refractivity contribution in [1.82, 2.24) is 10.3 Å². The van der Waals surface area contributed by atoms with Crippen LogP contribution in [0.1, 0.15) is 15.4 Å². The molecule has 2 aromatic rings. The third-order valence-corrected chi connectivity index (χ3v) is 4.19. The van der Waals surface area contributed by atoms with Gasteiger partial charge in [-0.25, -0.2) is 4.98 Å². The molecule has 2 aromatic heterocycles. The first-order valence-electron chi connectivity index (χ1n) is 5.30. The predicted octanol–water partition coefficient (Wildman–Crippen LogP) is 3.53. The number of halogens is 2. The molecule has 0 radical (unpaired) electrons. The Morgan fingerprint density at radius 2 is 2.28 bits per heavy atom. The van der Waals surface area contributed by atoms with E-state index < -0.39 is 0 Å². The highest BCUT2D eigenvalue weighted by atomic mass is 79.9. The van der Waals surface area contributed by atoms with Crippen LogP contribution in [-0.2, 0) is 6.42 Å². The molecule has 0 saturated carbocycles. The Balaban J connectivity index is 1.87. The van der Waals surface area contributed by atoms with Gasteiger partial charge in [0.1, 0.15) is 5.69 Å². The number of hydrogen-bond acceptors (Lipinski definition) is 3. The Labute approximate surface area is 122 Å². The summed E-state index contributed by atoms with van der Waals surface area (Å²) in [5.41, 5.74) is 0.404. The van der Waals surface area contributed by atoms with E-state index in [4.69, 9.17) is 11.6 Å². The second kappa shape index (κ2) is 6.31. The van der Waals surface area contributed by atoms with E-state index in [0.29, 0.717) is 16.7 Å². The molecule has 0 aliphatic heterocycles. The molecule has 1 N–H and O–H groups in total. The van der Waals surface area contributed by atoms with Crippen molar-refractivity contribution in [2.75, 3.05) is 6.54 Å². The van der Waals surface area contributed by atoms with Crippen molar-refractivity contribution < 1.29 is 4.79 Å². The molecule has 0 aliphatic rings. The summed E-state index contributed by atoms with van der Waals surface area (Å²) in [5.74, 6) is -0.176. The van der Waals surface area contributed by atoms with Crippen LogP contribution in [-0.4, -0.2) is 17.4 Å². The van der Waals surface area contributed by atoms with Crippen LogP contribution in [0.5, 0.6) is 0 Å². The number of carbonyl (C=O) groups excluding carboxylic acids is 1. The first kappa shape index (κ1) is 13.5. The number of rotatable bonds is 4. The first-order valence-corrected chi connectivity index (χ1v) is 7.28. The highest BCUT2D eigenvalue weighted by Crippen LogP contribution is 2.21. The minimum atomic E-state index is -0.176. The molecule has 6 heteroatoms. The van der Waals surface area contributed by atoms with E-state index in [9.17, 15) is 4.79 Å². The van der Waals surface area contributed by atoms with E-state index in [0.717, 1.165) is 15.6 Å². The standard InChI is InChI=1S/C12H10BrClN2OS/c13-9-2-1-6-15-11(9)12(17)16-7-5-8-3-4-10(14)18-8/h1-4,6H,5,7H2,(H,16,17). The topological polar surface area (TPSA) is 42.0 Å². The molecule has 0 saturated heterocycles. The monoisotopic (exact) mass is 344 g/mol. The van der Waals surface area contributed by atoms with Crippen LogP contribution in [0.3, 0.4) is 0 Å². The molecule has 0 atom stereocenters. The Morgan fingerprint density at radius 1 is 1.44 bits per heavy atom. The van der Waals surface area contributed by atoms with Gasteiger partial charge in [-0.05, 0) is 46.6 Å². The van der Waals surface area contributed by atoms with Crippen LogP contribution in [0.2, 0.25) is 4.34 Å². The number of carbonyl (C=O) groups is 1. The summed E-state index contributed by atoms with van der Waals surface area (Å²) in [6, 6.07) is 7.39. The van der Waals surface area contributed by atoms with Crippen LogP contribution in [0.4, 0.5) is 0 Å². The van der Waals surface area contributed by atoms with Gasteiger partial charge in [-0.2, -0.15) is 0 Å². The molecule has 2 rings (SSSR count). The largest absolute Gasteiger partial charge is 0.350 e. The lowest BCUT2D eigenvalue weighted by Gasteiger charge is -2.04. The fraction of sp³-hybridized carbons (Fsp3) is 0.167. The zero-order valence-corrected chi connectivity index (χ0v) is 12.5. The van der Waals surface area contributed by atoms with Crippen molar-refractivity contribution in [2.45, 2.75) is 6.42 Å². The molecular formula is C12H10BrClN2OS. The summed E-state index contributed by atoms with van der Waals surface area (Å²) in [7, 11) is 0. The molecule has 0 fully saturated rings. The Kier molecular flexibility index (Phi) is 4.74. The van der Waals surface area contributed by atoms with Gasteiger partial charge in [-0.3, -0.25) is 4.79 Å². The predicted molar refractivity (Wildman–Crippen MR) is 77.3 cm³/mol. The summed E-state index contributed by atoms with van der Waals surface area (Å²) < 4.78 is 1.46. The zero-order chi connectivity index (χ0) is 13.0. The quantitative estimate of drug-likeness (QED) is 0.921. The van der Waals surface area contributed by atoms with Gasteiger partial charge in [0, 0.05) is 22.1 Å². The molecule has 0 bridgehead atoms. The second-order valence-corrected chi connectivity index (χ2v) is 6.20. The van der Waals surface area contributed by atoms with E-state index in [2.05, 4.69) is 26.2 Å². The maximum Gasteiger partial charge on any atom is 0.271 e. The fourth-order valence-electron chi connectivity index (χ4n) is 1.42. The van der Waals surface area contributed by atoms with E-state index in [1.165, 1.54) is 11.3 Å². The Bertz CT molecular complexity index is 559. The number of nitrogens with one attached hydrogen (secondary N) is 1. The number of hydrogen-bond donors (Lipinski definition) is 1. The molecule has 2 heterocycles. The molecule has 0 spiro atoms. The van der Waals surface area contributed by atoms with Crippen molar-refractivity contribution in [3.63, 3.8) is 0 Å². The van der Waals surface area contributed by atoms with Gasteiger partial charge in [0.25, 0.3) is 5.91 Å². The number of pyridine rings is 1. The number of nitrogens with zero attached hydrogens (tertiary/aromatic N) is 1. The van der Waals surface area contributed by atoms with E-state index >= 15 is 0 Å². The highest BCUT2D eigenvalue weighted by molar-refractivity contribution is 9.10. The SMILES string of the molecule is O=C(NCCc1ccc(Cl)s1)c1ncccc1Br. The fourth-order valence-corrected chi connectivity index (χ4v) is 2.94. The summed E-state index contributed by atoms with van der Waals surface area (Å²) in [4.78, 5) is 17.0. The maximum atomic E-state index is 11.8. The lowest BCUT2D eigenvalue weighted by Crippen LogP contribution is -2.26. The van der Waals surface area contributed by atoms with Crippen molar-refractivity contribution in [1.29, 1.82) is 0 Å². The van der Waals surface area contributed by atoms with Crippen molar-refractivity contribution in [2.24, 2.45) is 0 Å². The zero-order valence-electron chi connectivity index (χ0n) is 9.32. The summed E-state index contributed by atoms with van der Waals surface area (Å²) in [5, 5.41) is 2.83. The maximum absolute atomic E-state index is 11.8. The highest BCUT2D eigenvalue weighted by Gasteiger charge is 2.10. The molecule has 0 unspecified atom stereocenters. The van der Waals surface area contributed by atoms with Crippen LogP contribution in [0, 0.1) is 0 Å². The van der Waals surface area contributed by atoms with Crippen molar-refractivity contribution >= 4 is 44.8 Å². The van der Waals surface area contributed by atoms with Gasteiger partial charge >= 0.3 is 0 Å². The Hall–Kier alpha value is -0.910. The molecule has 94 valence electrons. The van der Waals surface area contributed by atoms with Gasteiger partial charge in [0.05, 0.1) is 4.34 Å². The summed E-state index contributed by atoms with van der Waals surface area (Å²) >= 11 is 10.7. The van der Waals surface area contributed by atoms with E-state index in [1.807, 2.05) is 12.1 Å². The minimum Gasteiger partial charge on any atom is -0.350 e. The van der Waals surface area contributed by atoms with Gasteiger partial charge in [-0.1, -0.05) is 11.6 Å². The molecule has 3 nitrogen and oxygen atoms in total. The average Bonchev–Trinajstić information content (AvgIpc) is 2.75. The van der Waals surface area contributed by atoms with Gasteiger partial charge in [-0.15, -0.1) is 11.3 Å². The molecular weight excluding hydrogens is 336 g/mol. The normalized spacial score (nSPS) is 10.3. The molecule has 18 heavy (non-hydrogen) atoms. The first-order chi connectivity index (χ1) is 8.66. The van der Waals surface area contributed by atoms with Crippen molar-refractivity contribution in [3.8, 4) is 0 Å². The lowest BCUT2D eigenvalue weighted by atomic mass is 10.3. The van der Waals surface area contributed by atoms with Gasteiger partial charge in [0.15, 0.2) is 0 Å². The number of thiophene rings is 1. The lowest BCUT2D eigenvalue weighted by molar-refractivity contribution is 0.0948.